The molecule has 1 saturated heterocycles. The quantitative estimate of drug-likeness (QED) is 0.667. The third-order valence-corrected chi connectivity index (χ3v) is 2.03. The van der Waals surface area contributed by atoms with Gasteiger partial charge in [0.2, 0.25) is 0 Å². The van der Waals surface area contributed by atoms with Crippen molar-refractivity contribution >= 4 is 0 Å². The predicted molar refractivity (Wildman–Crippen MR) is 47.6 cm³/mol. The Balaban J connectivity index is 1.90. The molecule has 0 atom stereocenters. The van der Waals surface area contributed by atoms with E-state index in [2.05, 4.69) is 15.3 Å². The highest BCUT2D eigenvalue weighted by atomic mass is 16.5. The molecule has 0 spiro atoms. The summed E-state index contributed by atoms with van der Waals surface area (Å²) in [6.45, 7) is 1.80. The molecule has 0 unspecified atom stereocenters. The van der Waals surface area contributed by atoms with E-state index in [1.807, 2.05) is 0 Å². The Morgan fingerprint density at radius 3 is 2.54 bits per heavy atom. The molecule has 2 rings (SSSR count). The van der Waals surface area contributed by atoms with Crippen molar-refractivity contribution in [1.29, 1.82) is 0 Å². The summed E-state index contributed by atoms with van der Waals surface area (Å²) < 4.78 is 5.57. The van der Waals surface area contributed by atoms with Crippen LogP contribution in [0.4, 0.5) is 0 Å². The van der Waals surface area contributed by atoms with E-state index in [0.717, 1.165) is 25.9 Å². The van der Waals surface area contributed by atoms with E-state index in [1.54, 1.807) is 18.5 Å². The number of aromatic nitrogens is 2. The molecule has 1 radical (unpaired) electrons. The molecular formula is C9H12N3O. The molecule has 0 bridgehead atoms. The zero-order chi connectivity index (χ0) is 8.93. The first-order valence-corrected chi connectivity index (χ1v) is 4.52. The molecule has 1 aliphatic heterocycles. The normalized spacial score (nSPS) is 18.5. The lowest BCUT2D eigenvalue weighted by atomic mass is 10.1. The lowest BCUT2D eigenvalue weighted by molar-refractivity contribution is 0.147. The fourth-order valence-electron chi connectivity index (χ4n) is 1.34. The van der Waals surface area contributed by atoms with Crippen LogP contribution in [0.3, 0.4) is 0 Å². The Labute approximate surface area is 77.4 Å². The summed E-state index contributed by atoms with van der Waals surface area (Å²) in [5.41, 5.74) is 0. The van der Waals surface area contributed by atoms with Crippen LogP contribution in [0.5, 0.6) is 6.01 Å². The number of nitrogens with zero attached hydrogens (tertiary/aromatic N) is 3. The van der Waals surface area contributed by atoms with E-state index in [-0.39, 0.29) is 6.10 Å². The van der Waals surface area contributed by atoms with Crippen molar-refractivity contribution in [2.75, 3.05) is 13.1 Å². The zero-order valence-corrected chi connectivity index (χ0v) is 7.39. The molecule has 1 fully saturated rings. The van der Waals surface area contributed by atoms with Gasteiger partial charge in [-0.2, -0.15) is 0 Å². The maximum atomic E-state index is 5.57. The average Bonchev–Trinajstić information content (AvgIpc) is 2.21. The first kappa shape index (κ1) is 8.44. The summed E-state index contributed by atoms with van der Waals surface area (Å²) in [6.07, 6.45) is 5.60. The molecule has 0 amide bonds. The highest BCUT2D eigenvalue weighted by Gasteiger charge is 2.15. The van der Waals surface area contributed by atoms with E-state index in [0.29, 0.717) is 6.01 Å². The third-order valence-electron chi connectivity index (χ3n) is 2.03. The monoisotopic (exact) mass is 178 g/mol. The minimum atomic E-state index is 0.250. The molecule has 0 aliphatic carbocycles. The molecule has 0 N–H and O–H groups in total. The molecule has 2 heterocycles. The van der Waals surface area contributed by atoms with Crippen molar-refractivity contribution in [3.63, 3.8) is 0 Å². The molecule has 4 nitrogen and oxygen atoms in total. The largest absolute Gasteiger partial charge is 0.460 e. The standard InChI is InChI=1S/C9H12N3O/c1-4-11-9(12-5-1)13-8-2-6-10-7-3-8/h1,4-5,8H,2-3,6-7H2. The Morgan fingerprint density at radius 1 is 1.15 bits per heavy atom. The van der Waals surface area contributed by atoms with Gasteiger partial charge in [0.05, 0.1) is 0 Å². The average molecular weight is 178 g/mol. The number of piperidine rings is 1. The van der Waals surface area contributed by atoms with Crippen LogP contribution in [0, 0.1) is 0 Å². The molecule has 1 aromatic rings. The van der Waals surface area contributed by atoms with Crippen molar-refractivity contribution in [2.24, 2.45) is 0 Å². The molecule has 4 heteroatoms. The Hall–Kier alpha value is -1.16. The van der Waals surface area contributed by atoms with Gasteiger partial charge in [-0.3, -0.25) is 0 Å². The van der Waals surface area contributed by atoms with Gasteiger partial charge in [0.25, 0.3) is 0 Å². The van der Waals surface area contributed by atoms with Crippen molar-refractivity contribution in [3.05, 3.63) is 18.5 Å². The predicted octanol–water partition coefficient (Wildman–Crippen LogP) is 0.622. The molecule has 1 aliphatic rings. The topological polar surface area (TPSA) is 49.1 Å². The molecule has 69 valence electrons. The lowest BCUT2D eigenvalue weighted by Crippen LogP contribution is -2.30. The number of rotatable bonds is 2. The minimum Gasteiger partial charge on any atom is -0.460 e. The van der Waals surface area contributed by atoms with Gasteiger partial charge in [0.1, 0.15) is 6.10 Å². The van der Waals surface area contributed by atoms with Crippen LogP contribution in [-0.4, -0.2) is 29.2 Å². The molecule has 13 heavy (non-hydrogen) atoms. The Bertz CT molecular complexity index is 246. The van der Waals surface area contributed by atoms with Gasteiger partial charge in [-0.25, -0.2) is 15.3 Å². The SMILES string of the molecule is c1cnc(OC2CC[N]CC2)nc1. The lowest BCUT2D eigenvalue weighted by Gasteiger charge is -2.21. The highest BCUT2D eigenvalue weighted by Crippen LogP contribution is 2.10. The van der Waals surface area contributed by atoms with Crippen LogP contribution in [0.25, 0.3) is 0 Å². The van der Waals surface area contributed by atoms with Gasteiger partial charge in [0, 0.05) is 25.5 Å². The second-order valence-electron chi connectivity index (χ2n) is 3.02. The maximum Gasteiger partial charge on any atom is 0.316 e. The maximum absolute atomic E-state index is 5.57. The van der Waals surface area contributed by atoms with Crippen molar-refractivity contribution in [3.8, 4) is 6.01 Å². The van der Waals surface area contributed by atoms with Crippen molar-refractivity contribution < 1.29 is 4.74 Å². The van der Waals surface area contributed by atoms with Gasteiger partial charge in [-0.1, -0.05) is 0 Å². The van der Waals surface area contributed by atoms with Crippen LogP contribution >= 0.6 is 0 Å². The zero-order valence-electron chi connectivity index (χ0n) is 7.39. The Morgan fingerprint density at radius 2 is 1.85 bits per heavy atom. The van der Waals surface area contributed by atoms with Crippen LogP contribution in [0.2, 0.25) is 0 Å². The fraction of sp³-hybridized carbons (Fsp3) is 0.556. The summed E-state index contributed by atoms with van der Waals surface area (Å²) in [4.78, 5) is 8.02. The summed E-state index contributed by atoms with van der Waals surface area (Å²) in [5, 5.41) is 4.25. The molecule has 1 aromatic heterocycles. The van der Waals surface area contributed by atoms with E-state index >= 15 is 0 Å². The fourth-order valence-corrected chi connectivity index (χ4v) is 1.34. The Kier molecular flexibility index (Phi) is 2.72. The van der Waals surface area contributed by atoms with E-state index < -0.39 is 0 Å². The van der Waals surface area contributed by atoms with Crippen molar-refractivity contribution in [1.82, 2.24) is 15.3 Å². The minimum absolute atomic E-state index is 0.250. The van der Waals surface area contributed by atoms with E-state index in [1.165, 1.54) is 0 Å². The van der Waals surface area contributed by atoms with Gasteiger partial charge < -0.3 is 4.74 Å². The van der Waals surface area contributed by atoms with Crippen LogP contribution in [0.15, 0.2) is 18.5 Å². The summed E-state index contributed by atoms with van der Waals surface area (Å²) >= 11 is 0. The van der Waals surface area contributed by atoms with Gasteiger partial charge in [-0.15, -0.1) is 0 Å². The number of hydrogen-bond donors (Lipinski definition) is 0. The van der Waals surface area contributed by atoms with Gasteiger partial charge >= 0.3 is 6.01 Å². The van der Waals surface area contributed by atoms with E-state index in [4.69, 9.17) is 4.74 Å². The molecule has 0 saturated carbocycles. The van der Waals surface area contributed by atoms with E-state index in [9.17, 15) is 0 Å². The van der Waals surface area contributed by atoms with Crippen LogP contribution in [-0.2, 0) is 0 Å². The summed E-state index contributed by atoms with van der Waals surface area (Å²) in [6, 6.07) is 2.26. The number of ether oxygens (including phenoxy) is 1. The molecular weight excluding hydrogens is 166 g/mol. The molecule has 0 aromatic carbocycles. The summed E-state index contributed by atoms with van der Waals surface area (Å²) in [7, 11) is 0. The first-order valence-electron chi connectivity index (χ1n) is 4.52. The van der Waals surface area contributed by atoms with Crippen LogP contribution in [0.1, 0.15) is 12.8 Å². The third kappa shape index (κ3) is 2.39. The second kappa shape index (κ2) is 4.18. The smallest absolute Gasteiger partial charge is 0.316 e. The van der Waals surface area contributed by atoms with Gasteiger partial charge in [0.15, 0.2) is 0 Å². The summed E-state index contributed by atoms with van der Waals surface area (Å²) in [5.74, 6) is 0. The first-order chi connectivity index (χ1) is 6.45. The van der Waals surface area contributed by atoms with Gasteiger partial charge in [-0.05, 0) is 18.9 Å². The second-order valence-corrected chi connectivity index (χ2v) is 3.02. The highest BCUT2D eigenvalue weighted by molar-refractivity contribution is 4.94. The van der Waals surface area contributed by atoms with Crippen molar-refractivity contribution in [2.45, 2.75) is 18.9 Å². The van der Waals surface area contributed by atoms with Crippen LogP contribution < -0.4 is 10.1 Å². The number of hydrogen-bond acceptors (Lipinski definition) is 3.